The molecule has 0 heterocycles. The van der Waals surface area contributed by atoms with Crippen LogP contribution in [0.15, 0.2) is 48.5 Å². The second kappa shape index (κ2) is 7.04. The molecule has 2 aromatic carbocycles. The maximum absolute atomic E-state index is 12.2. The summed E-state index contributed by atoms with van der Waals surface area (Å²) in [6.07, 6.45) is 0.386. The van der Waals surface area contributed by atoms with E-state index in [0.717, 1.165) is 0 Å². The van der Waals surface area contributed by atoms with Gasteiger partial charge in [-0.2, -0.15) is 5.26 Å². The predicted octanol–water partition coefficient (Wildman–Crippen LogP) is 3.16. The van der Waals surface area contributed by atoms with Crippen LogP contribution in [0, 0.1) is 11.3 Å². The highest BCUT2D eigenvalue weighted by atomic mass is 16.2. The van der Waals surface area contributed by atoms with E-state index in [0.29, 0.717) is 28.9 Å². The zero-order valence-electron chi connectivity index (χ0n) is 12.1. The molecule has 0 aromatic heterocycles. The Morgan fingerprint density at radius 3 is 2.41 bits per heavy atom. The Bertz CT molecular complexity index is 748. The average Bonchev–Trinajstić information content (AvgIpc) is 2.55. The molecule has 0 spiro atoms. The first kappa shape index (κ1) is 15.3. The van der Waals surface area contributed by atoms with E-state index in [1.165, 1.54) is 6.07 Å². The van der Waals surface area contributed by atoms with E-state index in [1.807, 2.05) is 6.07 Å². The third-order valence-corrected chi connectivity index (χ3v) is 2.98. The fourth-order valence-electron chi connectivity index (χ4n) is 1.86. The van der Waals surface area contributed by atoms with Gasteiger partial charge in [-0.05, 0) is 36.4 Å². The first-order valence-corrected chi connectivity index (χ1v) is 6.84. The van der Waals surface area contributed by atoms with Crippen molar-refractivity contribution in [1.29, 1.82) is 5.26 Å². The fourth-order valence-corrected chi connectivity index (χ4v) is 1.86. The van der Waals surface area contributed by atoms with E-state index in [-0.39, 0.29) is 11.8 Å². The van der Waals surface area contributed by atoms with Gasteiger partial charge in [-0.25, -0.2) is 0 Å². The Kier molecular flexibility index (Phi) is 4.89. The molecule has 2 N–H and O–H groups in total. The molecule has 0 aliphatic heterocycles. The van der Waals surface area contributed by atoms with Crippen molar-refractivity contribution in [3.8, 4) is 6.07 Å². The second-order valence-corrected chi connectivity index (χ2v) is 4.63. The molecule has 0 saturated heterocycles. The fraction of sp³-hybridized carbons (Fsp3) is 0.118. The molecule has 2 rings (SSSR count). The van der Waals surface area contributed by atoms with Gasteiger partial charge in [0.05, 0.1) is 11.6 Å². The van der Waals surface area contributed by atoms with Gasteiger partial charge in [0.2, 0.25) is 5.91 Å². The van der Waals surface area contributed by atoms with Crippen molar-refractivity contribution in [2.45, 2.75) is 13.3 Å². The van der Waals surface area contributed by atoms with E-state index < -0.39 is 0 Å². The molecule has 0 saturated carbocycles. The summed E-state index contributed by atoms with van der Waals surface area (Å²) < 4.78 is 0. The van der Waals surface area contributed by atoms with Crippen molar-refractivity contribution in [3.63, 3.8) is 0 Å². The normalized spacial score (nSPS) is 9.64. The summed E-state index contributed by atoms with van der Waals surface area (Å²) in [6.45, 7) is 1.77. The van der Waals surface area contributed by atoms with Crippen molar-refractivity contribution in [2.75, 3.05) is 10.6 Å². The summed E-state index contributed by atoms with van der Waals surface area (Å²) in [7, 11) is 0. The summed E-state index contributed by atoms with van der Waals surface area (Å²) in [4.78, 5) is 23.5. The molecular formula is C17H15N3O2. The topological polar surface area (TPSA) is 82.0 Å². The Hall–Kier alpha value is -3.13. The maximum atomic E-state index is 12.2. The lowest BCUT2D eigenvalue weighted by molar-refractivity contribution is -0.115. The van der Waals surface area contributed by atoms with E-state index >= 15 is 0 Å². The molecule has 0 radical (unpaired) electrons. The number of hydrogen-bond donors (Lipinski definition) is 2. The van der Waals surface area contributed by atoms with Gasteiger partial charge in [0.1, 0.15) is 0 Å². The van der Waals surface area contributed by atoms with Gasteiger partial charge in [0.25, 0.3) is 5.91 Å². The number of carbonyl (C=O) groups is 2. The molecule has 0 aliphatic carbocycles. The minimum Gasteiger partial charge on any atom is -0.326 e. The Labute approximate surface area is 128 Å². The number of nitriles is 1. The first-order valence-electron chi connectivity index (χ1n) is 6.84. The quantitative estimate of drug-likeness (QED) is 0.908. The molecule has 0 aliphatic rings. The smallest absolute Gasteiger partial charge is 0.255 e. The van der Waals surface area contributed by atoms with Crippen molar-refractivity contribution in [2.24, 2.45) is 0 Å². The predicted molar refractivity (Wildman–Crippen MR) is 84.5 cm³/mol. The molecule has 2 amide bonds. The Morgan fingerprint density at radius 2 is 1.73 bits per heavy atom. The summed E-state index contributed by atoms with van der Waals surface area (Å²) in [5, 5.41) is 14.3. The molecule has 0 bridgehead atoms. The maximum Gasteiger partial charge on any atom is 0.255 e. The van der Waals surface area contributed by atoms with Crippen LogP contribution in [-0.4, -0.2) is 11.8 Å². The number of hydrogen-bond acceptors (Lipinski definition) is 3. The molecule has 0 atom stereocenters. The van der Waals surface area contributed by atoms with Crippen molar-refractivity contribution < 1.29 is 9.59 Å². The number of benzene rings is 2. The van der Waals surface area contributed by atoms with Gasteiger partial charge in [0.15, 0.2) is 0 Å². The molecule has 22 heavy (non-hydrogen) atoms. The lowest BCUT2D eigenvalue weighted by Gasteiger charge is -2.08. The van der Waals surface area contributed by atoms with Crippen LogP contribution >= 0.6 is 0 Å². The van der Waals surface area contributed by atoms with Crippen molar-refractivity contribution in [3.05, 3.63) is 59.7 Å². The average molecular weight is 293 g/mol. The zero-order valence-corrected chi connectivity index (χ0v) is 12.1. The van der Waals surface area contributed by atoms with Crippen molar-refractivity contribution >= 4 is 23.2 Å². The molecule has 110 valence electrons. The van der Waals surface area contributed by atoms with Gasteiger partial charge in [0, 0.05) is 23.4 Å². The highest BCUT2D eigenvalue weighted by molar-refractivity contribution is 6.04. The van der Waals surface area contributed by atoms with Gasteiger partial charge in [-0.3, -0.25) is 9.59 Å². The monoisotopic (exact) mass is 293 g/mol. The van der Waals surface area contributed by atoms with E-state index in [1.54, 1.807) is 49.4 Å². The van der Waals surface area contributed by atoms with Crippen LogP contribution in [-0.2, 0) is 4.79 Å². The molecule has 2 aromatic rings. The lowest BCUT2D eigenvalue weighted by atomic mass is 10.1. The van der Waals surface area contributed by atoms with E-state index in [2.05, 4.69) is 10.6 Å². The number of carbonyl (C=O) groups excluding carboxylic acids is 2. The molecular weight excluding hydrogens is 278 g/mol. The van der Waals surface area contributed by atoms with Crippen LogP contribution in [0.1, 0.15) is 29.3 Å². The van der Waals surface area contributed by atoms with Crippen LogP contribution in [0.5, 0.6) is 0 Å². The lowest BCUT2D eigenvalue weighted by Crippen LogP contribution is -2.13. The zero-order chi connectivity index (χ0) is 15.9. The molecule has 5 heteroatoms. The molecule has 5 nitrogen and oxygen atoms in total. The largest absolute Gasteiger partial charge is 0.326 e. The highest BCUT2D eigenvalue weighted by Crippen LogP contribution is 2.16. The SMILES string of the molecule is CCC(=O)Nc1cccc(NC(=O)c2cccc(C#N)c2)c1. The first-order chi connectivity index (χ1) is 10.6. The standard InChI is InChI=1S/C17H15N3O2/c1-2-16(21)19-14-7-4-8-15(10-14)20-17(22)13-6-3-5-12(9-13)11-18/h3-10H,2H2,1H3,(H,19,21)(H,20,22). The van der Waals surface area contributed by atoms with E-state index in [9.17, 15) is 9.59 Å². The van der Waals surface area contributed by atoms with Crippen LogP contribution < -0.4 is 10.6 Å². The van der Waals surface area contributed by atoms with Crippen LogP contribution in [0.25, 0.3) is 0 Å². The summed E-state index contributed by atoms with van der Waals surface area (Å²) in [5.41, 5.74) is 2.02. The Morgan fingerprint density at radius 1 is 1.05 bits per heavy atom. The van der Waals surface area contributed by atoms with Gasteiger partial charge >= 0.3 is 0 Å². The van der Waals surface area contributed by atoms with Crippen LogP contribution in [0.4, 0.5) is 11.4 Å². The third-order valence-electron chi connectivity index (χ3n) is 2.98. The van der Waals surface area contributed by atoms with Crippen molar-refractivity contribution in [1.82, 2.24) is 0 Å². The number of amides is 2. The number of rotatable bonds is 4. The molecule has 0 unspecified atom stereocenters. The Balaban J connectivity index is 2.13. The van der Waals surface area contributed by atoms with Crippen LogP contribution in [0.2, 0.25) is 0 Å². The van der Waals surface area contributed by atoms with Crippen LogP contribution in [0.3, 0.4) is 0 Å². The summed E-state index contributed by atoms with van der Waals surface area (Å²) in [6, 6.07) is 15.4. The summed E-state index contributed by atoms with van der Waals surface area (Å²) in [5.74, 6) is -0.402. The van der Waals surface area contributed by atoms with Gasteiger partial charge in [-0.15, -0.1) is 0 Å². The summed E-state index contributed by atoms with van der Waals surface area (Å²) >= 11 is 0. The molecule has 0 fully saturated rings. The number of nitrogens with one attached hydrogen (secondary N) is 2. The van der Waals surface area contributed by atoms with Gasteiger partial charge in [-0.1, -0.05) is 19.1 Å². The number of anilines is 2. The highest BCUT2D eigenvalue weighted by Gasteiger charge is 2.07. The third kappa shape index (κ3) is 3.93. The van der Waals surface area contributed by atoms with E-state index in [4.69, 9.17) is 5.26 Å². The minimum atomic E-state index is -0.309. The minimum absolute atomic E-state index is 0.0924. The second-order valence-electron chi connectivity index (χ2n) is 4.63. The van der Waals surface area contributed by atoms with Gasteiger partial charge < -0.3 is 10.6 Å². The number of nitrogens with zero attached hydrogens (tertiary/aromatic N) is 1.